The van der Waals surface area contributed by atoms with Crippen LogP contribution in [-0.4, -0.2) is 71.0 Å². The molecule has 0 radical (unpaired) electrons. The van der Waals surface area contributed by atoms with Crippen LogP contribution in [0, 0.1) is 11.8 Å². The number of hydrogen-bond acceptors (Lipinski definition) is 6. The van der Waals surface area contributed by atoms with Crippen molar-refractivity contribution in [3.8, 4) is 0 Å². The zero-order valence-corrected chi connectivity index (χ0v) is 20.3. The topological polar surface area (TPSA) is 191 Å². The lowest BCUT2D eigenvalue weighted by Crippen LogP contribution is -2.50. The van der Waals surface area contributed by atoms with E-state index in [0.29, 0.717) is 25.9 Å². The van der Waals surface area contributed by atoms with E-state index in [2.05, 4.69) is 21.3 Å². The van der Waals surface area contributed by atoms with Crippen LogP contribution < -0.4 is 21.3 Å². The molecule has 0 aliphatic rings. The Morgan fingerprint density at radius 2 is 0.912 bits per heavy atom. The van der Waals surface area contributed by atoms with Crippen LogP contribution in [-0.2, 0) is 28.8 Å². The Bertz CT molecular complexity index is 664. The number of rotatable bonds is 17. The fourth-order valence-corrected chi connectivity index (χ4v) is 2.90. The maximum Gasteiger partial charge on any atom is 0.303 e. The van der Waals surface area contributed by atoms with Gasteiger partial charge in [-0.05, 0) is 24.7 Å². The van der Waals surface area contributed by atoms with E-state index in [4.69, 9.17) is 10.2 Å². The molecule has 0 heterocycles. The van der Waals surface area contributed by atoms with Crippen molar-refractivity contribution < 1.29 is 39.0 Å². The molecule has 0 aliphatic heterocycles. The summed E-state index contributed by atoms with van der Waals surface area (Å²) in [5.74, 6) is -4.31. The van der Waals surface area contributed by atoms with Crippen molar-refractivity contribution in [1.29, 1.82) is 0 Å². The second-order valence-corrected chi connectivity index (χ2v) is 8.66. The van der Waals surface area contributed by atoms with Crippen molar-refractivity contribution in [3.63, 3.8) is 0 Å². The lowest BCUT2D eigenvalue weighted by Gasteiger charge is -2.22. The molecule has 0 saturated heterocycles. The maximum absolute atomic E-state index is 12.4. The fourth-order valence-electron chi connectivity index (χ4n) is 2.90. The highest BCUT2D eigenvalue weighted by Crippen LogP contribution is 2.05. The van der Waals surface area contributed by atoms with Gasteiger partial charge in [-0.2, -0.15) is 0 Å². The first kappa shape index (κ1) is 30.8. The average Bonchev–Trinajstić information content (AvgIpc) is 2.74. The predicted molar refractivity (Wildman–Crippen MR) is 123 cm³/mol. The van der Waals surface area contributed by atoms with E-state index in [9.17, 15) is 28.8 Å². The zero-order chi connectivity index (χ0) is 26.3. The average molecular weight is 487 g/mol. The van der Waals surface area contributed by atoms with E-state index in [1.54, 1.807) is 27.7 Å². The van der Waals surface area contributed by atoms with Crippen molar-refractivity contribution in [3.05, 3.63) is 0 Å². The van der Waals surface area contributed by atoms with Crippen LogP contribution in [0.5, 0.6) is 0 Å². The minimum absolute atomic E-state index is 0.188. The second kappa shape index (κ2) is 16.4. The fraction of sp³-hybridized carbons (Fsp3) is 0.727. The van der Waals surface area contributed by atoms with Crippen LogP contribution in [0.3, 0.4) is 0 Å². The second-order valence-electron chi connectivity index (χ2n) is 8.66. The van der Waals surface area contributed by atoms with Crippen molar-refractivity contribution >= 4 is 35.6 Å². The maximum atomic E-state index is 12.4. The summed E-state index contributed by atoms with van der Waals surface area (Å²) in [6.07, 6.45) is 0.0788. The molecule has 0 saturated carbocycles. The summed E-state index contributed by atoms with van der Waals surface area (Å²) in [6.45, 7) is 7.71. The SMILES string of the molecule is CC(C)[C@H](NC(=O)CCC(=O)O)C(=O)NCCCCNC(=O)[C@@H](NC(=O)CCC(=O)O)C(C)C. The van der Waals surface area contributed by atoms with Gasteiger partial charge in [-0.25, -0.2) is 0 Å². The first-order chi connectivity index (χ1) is 15.8. The molecule has 0 aromatic rings. The molecule has 0 rings (SSSR count). The van der Waals surface area contributed by atoms with Gasteiger partial charge in [-0.1, -0.05) is 27.7 Å². The summed E-state index contributed by atoms with van der Waals surface area (Å²) >= 11 is 0. The molecule has 0 aromatic heterocycles. The number of carboxylic acid groups (broad SMARTS) is 2. The van der Waals surface area contributed by atoms with Crippen molar-refractivity contribution in [2.75, 3.05) is 13.1 Å². The number of hydrogen-bond donors (Lipinski definition) is 6. The third-order valence-electron chi connectivity index (χ3n) is 4.87. The van der Waals surface area contributed by atoms with Gasteiger partial charge in [0.05, 0.1) is 12.8 Å². The largest absolute Gasteiger partial charge is 0.481 e. The standard InChI is InChI=1S/C22H38N4O8/c1-13(2)19(25-15(27)7-9-17(29)30)21(33)23-11-5-6-12-24-22(34)20(14(3)4)26-16(28)8-10-18(31)32/h13-14,19-20H,5-12H2,1-4H3,(H,23,33)(H,24,34)(H,25,27)(H,26,28)(H,29,30)(H,31,32)/t19-,20-/m0/s1. The third-order valence-corrected chi connectivity index (χ3v) is 4.87. The van der Waals surface area contributed by atoms with Crippen LogP contribution in [0.1, 0.15) is 66.2 Å². The number of amides is 4. The van der Waals surface area contributed by atoms with Gasteiger partial charge in [0.25, 0.3) is 0 Å². The van der Waals surface area contributed by atoms with Gasteiger partial charge >= 0.3 is 11.9 Å². The van der Waals surface area contributed by atoms with Gasteiger partial charge in [-0.3, -0.25) is 28.8 Å². The minimum atomic E-state index is -1.09. The molecule has 6 N–H and O–H groups in total. The lowest BCUT2D eigenvalue weighted by molar-refractivity contribution is -0.139. The first-order valence-corrected chi connectivity index (χ1v) is 11.4. The molecular weight excluding hydrogens is 448 g/mol. The zero-order valence-electron chi connectivity index (χ0n) is 20.3. The third kappa shape index (κ3) is 14.1. The molecule has 194 valence electrons. The highest BCUT2D eigenvalue weighted by molar-refractivity contribution is 5.89. The molecular formula is C22H38N4O8. The predicted octanol–water partition coefficient (Wildman–Crippen LogP) is 0.0102. The van der Waals surface area contributed by atoms with Gasteiger partial charge in [0.2, 0.25) is 23.6 Å². The van der Waals surface area contributed by atoms with E-state index in [-0.39, 0.29) is 49.3 Å². The van der Waals surface area contributed by atoms with Crippen LogP contribution >= 0.6 is 0 Å². The summed E-state index contributed by atoms with van der Waals surface area (Å²) in [4.78, 5) is 69.6. The number of nitrogens with one attached hydrogen (secondary N) is 4. The minimum Gasteiger partial charge on any atom is -0.481 e. The Hall–Kier alpha value is -3.18. The number of carbonyl (C=O) groups excluding carboxylic acids is 4. The molecule has 2 atom stereocenters. The van der Waals surface area contributed by atoms with E-state index < -0.39 is 35.8 Å². The molecule has 0 unspecified atom stereocenters. The monoisotopic (exact) mass is 486 g/mol. The molecule has 12 nitrogen and oxygen atoms in total. The highest BCUT2D eigenvalue weighted by atomic mass is 16.4. The van der Waals surface area contributed by atoms with Crippen LogP contribution in [0.4, 0.5) is 0 Å². The molecule has 0 aromatic carbocycles. The van der Waals surface area contributed by atoms with E-state index in [1.807, 2.05) is 0 Å². The highest BCUT2D eigenvalue weighted by Gasteiger charge is 2.25. The van der Waals surface area contributed by atoms with Gasteiger partial charge < -0.3 is 31.5 Å². The van der Waals surface area contributed by atoms with Gasteiger partial charge in [0.1, 0.15) is 12.1 Å². The van der Waals surface area contributed by atoms with E-state index in [1.165, 1.54) is 0 Å². The summed E-state index contributed by atoms with van der Waals surface area (Å²) in [5.41, 5.74) is 0. The molecule has 0 aliphatic carbocycles. The Kier molecular flexibility index (Phi) is 14.9. The van der Waals surface area contributed by atoms with Crippen molar-refractivity contribution in [2.24, 2.45) is 11.8 Å². The summed E-state index contributed by atoms with van der Waals surface area (Å²) < 4.78 is 0. The molecule has 12 heteroatoms. The Labute approximate surface area is 199 Å². The Balaban J connectivity index is 4.36. The van der Waals surface area contributed by atoms with Crippen molar-refractivity contribution in [1.82, 2.24) is 21.3 Å². The lowest BCUT2D eigenvalue weighted by atomic mass is 10.0. The number of unbranched alkanes of at least 4 members (excludes halogenated alkanes) is 1. The Morgan fingerprint density at radius 3 is 1.18 bits per heavy atom. The van der Waals surface area contributed by atoms with Crippen LogP contribution in [0.25, 0.3) is 0 Å². The normalized spacial score (nSPS) is 12.5. The summed E-state index contributed by atoms with van der Waals surface area (Å²) in [6, 6.07) is -1.56. The van der Waals surface area contributed by atoms with Gasteiger partial charge in [-0.15, -0.1) is 0 Å². The molecule has 34 heavy (non-hydrogen) atoms. The molecule has 0 spiro atoms. The summed E-state index contributed by atoms with van der Waals surface area (Å²) in [5, 5.41) is 27.9. The smallest absolute Gasteiger partial charge is 0.303 e. The van der Waals surface area contributed by atoms with Gasteiger partial charge in [0.15, 0.2) is 0 Å². The Morgan fingerprint density at radius 1 is 0.588 bits per heavy atom. The van der Waals surface area contributed by atoms with E-state index >= 15 is 0 Å². The number of carbonyl (C=O) groups is 6. The number of carboxylic acids is 2. The van der Waals surface area contributed by atoms with E-state index in [0.717, 1.165) is 0 Å². The molecule has 4 amide bonds. The van der Waals surface area contributed by atoms with Crippen LogP contribution in [0.2, 0.25) is 0 Å². The first-order valence-electron chi connectivity index (χ1n) is 11.4. The van der Waals surface area contributed by atoms with Crippen molar-refractivity contribution in [2.45, 2.75) is 78.3 Å². The quantitative estimate of drug-likeness (QED) is 0.155. The molecule has 0 fully saturated rings. The van der Waals surface area contributed by atoms with Crippen LogP contribution in [0.15, 0.2) is 0 Å². The summed E-state index contributed by atoms with van der Waals surface area (Å²) in [7, 11) is 0. The number of aliphatic carboxylic acids is 2. The van der Waals surface area contributed by atoms with Gasteiger partial charge in [0, 0.05) is 25.9 Å². The molecule has 0 bridgehead atoms.